The van der Waals surface area contributed by atoms with E-state index in [-0.39, 0.29) is 18.4 Å². The van der Waals surface area contributed by atoms with Crippen molar-refractivity contribution in [2.24, 2.45) is 0 Å². The summed E-state index contributed by atoms with van der Waals surface area (Å²) in [5.74, 6) is 1.94. The van der Waals surface area contributed by atoms with Gasteiger partial charge in [-0.1, -0.05) is 12.1 Å². The fourth-order valence-electron chi connectivity index (χ4n) is 1.69. The van der Waals surface area contributed by atoms with Crippen molar-refractivity contribution < 1.29 is 9.59 Å². The van der Waals surface area contributed by atoms with Crippen LogP contribution in [0.15, 0.2) is 24.3 Å². The van der Waals surface area contributed by atoms with E-state index >= 15 is 0 Å². The minimum absolute atomic E-state index is 0.00537. The number of nitrogens with one attached hydrogen (secondary N) is 2. The van der Waals surface area contributed by atoms with Crippen molar-refractivity contribution in [3.05, 3.63) is 35.4 Å². The van der Waals surface area contributed by atoms with Crippen LogP contribution < -0.4 is 10.6 Å². The number of benzene rings is 1. The molecule has 0 aromatic heterocycles. The maximum absolute atomic E-state index is 11.8. The predicted octanol–water partition coefficient (Wildman–Crippen LogP) is 1.64. The minimum Gasteiger partial charge on any atom is -0.358 e. The number of carbonyl (C=O) groups is 2. The normalized spacial score (nSPS) is 15.2. The first-order valence-corrected chi connectivity index (χ1v) is 8.12. The molecule has 1 aromatic rings. The van der Waals surface area contributed by atoms with E-state index < -0.39 is 0 Å². The Labute approximate surface area is 121 Å². The second-order valence-electron chi connectivity index (χ2n) is 4.05. The minimum atomic E-state index is -0.220. The van der Waals surface area contributed by atoms with Crippen LogP contribution in [0.5, 0.6) is 0 Å². The summed E-state index contributed by atoms with van der Waals surface area (Å²) in [6, 6.07) is 7.61. The van der Waals surface area contributed by atoms with Gasteiger partial charge in [0.1, 0.15) is 0 Å². The largest absolute Gasteiger partial charge is 0.358 e. The van der Waals surface area contributed by atoms with Crippen LogP contribution in [0.3, 0.4) is 0 Å². The Morgan fingerprint density at radius 1 is 1.21 bits per heavy atom. The van der Waals surface area contributed by atoms with Crippen molar-refractivity contribution in [3.63, 3.8) is 0 Å². The summed E-state index contributed by atoms with van der Waals surface area (Å²) >= 11 is 3.87. The number of carbonyl (C=O) groups excluding carboxylic acids is 2. The molecule has 2 amide bonds. The Kier molecular flexibility index (Phi) is 5.15. The van der Waals surface area contributed by atoms with Crippen molar-refractivity contribution in [3.8, 4) is 0 Å². The highest BCUT2D eigenvalue weighted by Gasteiger charge is 2.18. The van der Waals surface area contributed by atoms with Crippen LogP contribution in [0.4, 0.5) is 0 Å². The smallest absolute Gasteiger partial charge is 0.251 e. The topological polar surface area (TPSA) is 58.2 Å². The molecule has 1 heterocycles. The Hall–Kier alpha value is -1.14. The van der Waals surface area contributed by atoms with E-state index in [2.05, 4.69) is 10.6 Å². The molecule has 1 aliphatic heterocycles. The molecule has 0 radical (unpaired) electrons. The van der Waals surface area contributed by atoms with E-state index in [4.69, 9.17) is 0 Å². The zero-order valence-corrected chi connectivity index (χ0v) is 12.3. The van der Waals surface area contributed by atoms with Gasteiger partial charge in [0.05, 0.1) is 11.1 Å². The van der Waals surface area contributed by atoms with Gasteiger partial charge in [0.25, 0.3) is 5.91 Å². The van der Waals surface area contributed by atoms with E-state index in [0.717, 1.165) is 0 Å². The Morgan fingerprint density at radius 3 is 2.42 bits per heavy atom. The summed E-state index contributed by atoms with van der Waals surface area (Å²) in [5, 5.41) is 5.04. The van der Waals surface area contributed by atoms with E-state index in [1.807, 2.05) is 47.8 Å². The molecule has 1 aliphatic rings. The number of hydrogen-bond acceptors (Lipinski definition) is 4. The van der Waals surface area contributed by atoms with Gasteiger partial charge >= 0.3 is 0 Å². The highest BCUT2D eigenvalue weighted by Crippen LogP contribution is 2.45. The number of likely N-dealkylation sites (N-methyl/N-ethyl adjacent to an activating group) is 1. The molecule has 0 aliphatic carbocycles. The van der Waals surface area contributed by atoms with Crippen LogP contribution in [-0.4, -0.2) is 36.9 Å². The molecule has 1 saturated heterocycles. The fraction of sp³-hybridized carbons (Fsp3) is 0.385. The van der Waals surface area contributed by atoms with Gasteiger partial charge in [0, 0.05) is 24.1 Å². The van der Waals surface area contributed by atoms with E-state index in [9.17, 15) is 9.59 Å². The summed E-state index contributed by atoms with van der Waals surface area (Å²) in [5.41, 5.74) is 1.83. The van der Waals surface area contributed by atoms with Crippen LogP contribution in [0.1, 0.15) is 20.5 Å². The van der Waals surface area contributed by atoms with E-state index in [0.29, 0.717) is 10.1 Å². The Morgan fingerprint density at radius 2 is 1.84 bits per heavy atom. The highest BCUT2D eigenvalue weighted by molar-refractivity contribution is 8.19. The molecule has 0 saturated carbocycles. The second kappa shape index (κ2) is 6.86. The summed E-state index contributed by atoms with van der Waals surface area (Å²) in [7, 11) is 1.54. The predicted molar refractivity (Wildman–Crippen MR) is 80.5 cm³/mol. The molecule has 4 nitrogen and oxygen atoms in total. The second-order valence-corrected chi connectivity index (χ2v) is 6.78. The molecule has 0 unspecified atom stereocenters. The van der Waals surface area contributed by atoms with Crippen LogP contribution in [-0.2, 0) is 4.79 Å². The molecule has 6 heteroatoms. The van der Waals surface area contributed by atoms with Crippen molar-refractivity contribution in [2.75, 3.05) is 25.1 Å². The lowest BCUT2D eigenvalue weighted by molar-refractivity contribution is -0.119. The van der Waals surface area contributed by atoms with Crippen molar-refractivity contribution in [1.82, 2.24) is 10.6 Å². The third-order valence-electron chi connectivity index (χ3n) is 2.76. The molecule has 0 bridgehead atoms. The average molecular weight is 296 g/mol. The number of amides is 2. The van der Waals surface area contributed by atoms with Gasteiger partial charge in [-0.3, -0.25) is 9.59 Å². The first kappa shape index (κ1) is 14.3. The lowest BCUT2D eigenvalue weighted by atomic mass is 10.1. The summed E-state index contributed by atoms with van der Waals surface area (Å²) in [6.45, 7) is 0.00537. The SMILES string of the molecule is CNC(=O)CNC(=O)c1ccc(C2SCCS2)cc1. The van der Waals surface area contributed by atoms with E-state index in [1.165, 1.54) is 17.1 Å². The van der Waals surface area contributed by atoms with Gasteiger partial charge < -0.3 is 10.6 Å². The highest BCUT2D eigenvalue weighted by atomic mass is 32.2. The average Bonchev–Trinajstić information content (AvgIpc) is 2.98. The molecule has 2 rings (SSSR count). The summed E-state index contributed by atoms with van der Waals surface area (Å²) in [4.78, 5) is 22.8. The molecule has 1 aromatic carbocycles. The zero-order valence-electron chi connectivity index (χ0n) is 10.6. The molecule has 102 valence electrons. The van der Waals surface area contributed by atoms with Crippen LogP contribution in [0.25, 0.3) is 0 Å². The lowest BCUT2D eigenvalue weighted by Gasteiger charge is -2.09. The maximum Gasteiger partial charge on any atom is 0.251 e. The maximum atomic E-state index is 11.8. The first-order valence-electron chi connectivity index (χ1n) is 6.02. The molecular weight excluding hydrogens is 280 g/mol. The Bertz CT molecular complexity index is 456. The molecule has 19 heavy (non-hydrogen) atoms. The molecule has 0 spiro atoms. The Balaban J connectivity index is 1.93. The lowest BCUT2D eigenvalue weighted by Crippen LogP contribution is -2.35. The van der Waals surface area contributed by atoms with Gasteiger partial charge in [-0.05, 0) is 17.7 Å². The number of rotatable bonds is 4. The number of hydrogen-bond donors (Lipinski definition) is 2. The fourth-order valence-corrected chi connectivity index (χ4v) is 4.55. The summed E-state index contributed by atoms with van der Waals surface area (Å²) < 4.78 is 0.489. The van der Waals surface area contributed by atoms with Gasteiger partial charge in [-0.25, -0.2) is 0 Å². The monoisotopic (exact) mass is 296 g/mol. The quantitative estimate of drug-likeness (QED) is 0.887. The zero-order chi connectivity index (χ0) is 13.7. The third kappa shape index (κ3) is 3.91. The van der Waals surface area contributed by atoms with Crippen molar-refractivity contribution in [2.45, 2.75) is 4.58 Å². The molecule has 1 fully saturated rings. The van der Waals surface area contributed by atoms with Crippen LogP contribution in [0.2, 0.25) is 0 Å². The van der Waals surface area contributed by atoms with Crippen LogP contribution in [0, 0.1) is 0 Å². The van der Waals surface area contributed by atoms with E-state index in [1.54, 1.807) is 7.05 Å². The van der Waals surface area contributed by atoms with Gasteiger partial charge in [0.2, 0.25) is 5.91 Å². The van der Waals surface area contributed by atoms with Gasteiger partial charge in [-0.15, -0.1) is 23.5 Å². The van der Waals surface area contributed by atoms with Gasteiger partial charge in [-0.2, -0.15) is 0 Å². The third-order valence-corrected chi connectivity index (χ3v) is 5.86. The number of thioether (sulfide) groups is 2. The van der Waals surface area contributed by atoms with Gasteiger partial charge in [0.15, 0.2) is 0 Å². The molecule has 2 N–H and O–H groups in total. The summed E-state index contributed by atoms with van der Waals surface area (Å²) in [6.07, 6.45) is 0. The van der Waals surface area contributed by atoms with Crippen molar-refractivity contribution in [1.29, 1.82) is 0 Å². The molecule has 0 atom stereocenters. The molecular formula is C13H16N2O2S2. The standard InChI is InChI=1S/C13H16N2O2S2/c1-14-11(16)8-15-12(17)9-2-4-10(5-3-9)13-18-6-7-19-13/h2-5,13H,6-8H2,1H3,(H,14,16)(H,15,17). The van der Waals surface area contributed by atoms with Crippen LogP contribution >= 0.6 is 23.5 Å². The van der Waals surface area contributed by atoms with Crippen molar-refractivity contribution >= 4 is 35.3 Å². The first-order chi connectivity index (χ1) is 9.20.